The van der Waals surface area contributed by atoms with Gasteiger partial charge in [0.2, 0.25) is 11.6 Å². The Bertz CT molecular complexity index is 1180. The van der Waals surface area contributed by atoms with Gasteiger partial charge in [0.15, 0.2) is 6.54 Å². The van der Waals surface area contributed by atoms with Crippen LogP contribution in [0, 0.1) is 0 Å². The minimum absolute atomic E-state index is 0.147. The molecular weight excluding hydrogens is 466 g/mol. The van der Waals surface area contributed by atoms with E-state index in [1.54, 1.807) is 30.3 Å². The highest BCUT2D eigenvalue weighted by molar-refractivity contribution is 9.10. The third kappa shape index (κ3) is 4.44. The van der Waals surface area contributed by atoms with Gasteiger partial charge in [-0.2, -0.15) is 4.80 Å². The molecule has 0 aliphatic carbocycles. The van der Waals surface area contributed by atoms with Gasteiger partial charge in [0.1, 0.15) is 17.2 Å². The lowest BCUT2D eigenvalue weighted by atomic mass is 10.1. The number of aliphatic carboxylic acids is 1. The van der Waals surface area contributed by atoms with Crippen LogP contribution in [0.25, 0.3) is 22.8 Å². The smallest absolute Gasteiger partial charge is 0.327 e. The van der Waals surface area contributed by atoms with Crippen LogP contribution < -0.4 is 4.74 Å². The number of halogens is 2. The minimum atomic E-state index is -1.07. The van der Waals surface area contributed by atoms with E-state index in [2.05, 4.69) is 36.5 Å². The molecule has 0 atom stereocenters. The zero-order valence-electron chi connectivity index (χ0n) is 14.5. The van der Waals surface area contributed by atoms with Crippen molar-refractivity contribution >= 4 is 33.5 Å². The molecule has 0 aliphatic rings. The maximum atomic E-state index is 10.7. The first kappa shape index (κ1) is 19.1. The summed E-state index contributed by atoms with van der Waals surface area (Å²) in [6, 6.07) is 14.2. The van der Waals surface area contributed by atoms with Crippen LogP contribution in [0.4, 0.5) is 0 Å². The number of hydrogen-bond acceptors (Lipinski definition) is 7. The molecule has 2 aromatic carbocycles. The molecule has 9 nitrogen and oxygen atoms in total. The lowest BCUT2D eigenvalue weighted by molar-refractivity contribution is -0.138. The van der Waals surface area contributed by atoms with E-state index in [4.69, 9.17) is 26.0 Å². The van der Waals surface area contributed by atoms with E-state index < -0.39 is 12.5 Å². The predicted molar refractivity (Wildman–Crippen MR) is 106 cm³/mol. The van der Waals surface area contributed by atoms with Crippen molar-refractivity contribution in [2.45, 2.75) is 6.54 Å². The lowest BCUT2D eigenvalue weighted by Gasteiger charge is -2.08. The Morgan fingerprint density at radius 1 is 1.21 bits per heavy atom. The molecule has 4 rings (SSSR count). The summed E-state index contributed by atoms with van der Waals surface area (Å²) in [5, 5.41) is 24.6. The molecule has 2 heterocycles. The van der Waals surface area contributed by atoms with E-state index in [0.717, 1.165) is 14.8 Å². The van der Waals surface area contributed by atoms with Crippen LogP contribution >= 0.6 is 27.5 Å². The molecule has 0 bridgehead atoms. The predicted octanol–water partition coefficient (Wildman–Crippen LogP) is 4.29. The standard InChI is InChI=1S/C18H11BrClN5O4/c19-11-3-6-13(20)15(7-11)28-12-4-1-10(2-5-12)14-8-16(29-23-14)18-21-24-25(22-18)9-17(26)27/h1-8H,9H2,(H,26,27). The second kappa shape index (κ2) is 8.02. The van der Waals surface area contributed by atoms with E-state index in [1.807, 2.05) is 18.2 Å². The summed E-state index contributed by atoms with van der Waals surface area (Å²) in [7, 11) is 0. The number of nitrogens with zero attached hydrogens (tertiary/aromatic N) is 5. The number of tetrazole rings is 1. The van der Waals surface area contributed by atoms with Crippen LogP contribution in [0.15, 0.2) is 57.5 Å². The Labute approximate surface area is 177 Å². The average molecular weight is 477 g/mol. The molecule has 146 valence electrons. The van der Waals surface area contributed by atoms with E-state index in [1.165, 1.54) is 0 Å². The molecular formula is C18H11BrClN5O4. The van der Waals surface area contributed by atoms with Gasteiger partial charge in [-0.15, -0.1) is 10.2 Å². The average Bonchev–Trinajstić information content (AvgIpc) is 3.34. The maximum Gasteiger partial charge on any atom is 0.327 e. The maximum absolute atomic E-state index is 10.7. The zero-order valence-corrected chi connectivity index (χ0v) is 16.8. The number of benzene rings is 2. The third-order valence-corrected chi connectivity index (χ3v) is 4.54. The molecule has 0 fully saturated rings. The van der Waals surface area contributed by atoms with Crippen molar-refractivity contribution in [2.24, 2.45) is 0 Å². The van der Waals surface area contributed by atoms with Crippen molar-refractivity contribution < 1.29 is 19.2 Å². The molecule has 0 saturated carbocycles. The van der Waals surface area contributed by atoms with Crippen molar-refractivity contribution in [1.82, 2.24) is 25.4 Å². The van der Waals surface area contributed by atoms with Gasteiger partial charge in [-0.1, -0.05) is 32.7 Å². The van der Waals surface area contributed by atoms with E-state index >= 15 is 0 Å². The molecule has 2 aromatic heterocycles. The second-order valence-electron chi connectivity index (χ2n) is 5.81. The Morgan fingerprint density at radius 2 is 2.00 bits per heavy atom. The van der Waals surface area contributed by atoms with Crippen molar-refractivity contribution in [2.75, 3.05) is 0 Å². The Balaban J connectivity index is 1.50. The normalized spacial score (nSPS) is 10.8. The number of rotatable bonds is 6. The summed E-state index contributed by atoms with van der Waals surface area (Å²) in [5.41, 5.74) is 1.34. The lowest BCUT2D eigenvalue weighted by Crippen LogP contribution is -2.11. The van der Waals surface area contributed by atoms with Crippen LogP contribution in [-0.4, -0.2) is 36.4 Å². The Morgan fingerprint density at radius 3 is 2.76 bits per heavy atom. The zero-order chi connectivity index (χ0) is 20.4. The topological polar surface area (TPSA) is 116 Å². The fourth-order valence-corrected chi connectivity index (χ4v) is 2.92. The summed E-state index contributed by atoms with van der Waals surface area (Å²) in [4.78, 5) is 11.7. The van der Waals surface area contributed by atoms with Gasteiger partial charge in [-0.3, -0.25) is 4.79 Å². The molecule has 1 N–H and O–H groups in total. The fourth-order valence-electron chi connectivity index (χ4n) is 2.42. The third-order valence-electron chi connectivity index (χ3n) is 3.73. The molecule has 4 aromatic rings. The van der Waals surface area contributed by atoms with Crippen molar-refractivity contribution in [1.29, 1.82) is 0 Å². The number of carbonyl (C=O) groups is 1. The van der Waals surface area contributed by atoms with Gasteiger partial charge in [0.05, 0.1) is 5.02 Å². The van der Waals surface area contributed by atoms with Crippen molar-refractivity contribution in [3.05, 3.63) is 58.0 Å². The van der Waals surface area contributed by atoms with Crippen molar-refractivity contribution in [3.63, 3.8) is 0 Å². The first-order chi connectivity index (χ1) is 14.0. The van der Waals surface area contributed by atoms with Crippen LogP contribution in [0.5, 0.6) is 11.5 Å². The molecule has 0 unspecified atom stereocenters. The Kier molecular flexibility index (Phi) is 5.28. The van der Waals surface area contributed by atoms with Gasteiger partial charge in [-0.05, 0) is 47.7 Å². The number of hydrogen-bond donors (Lipinski definition) is 1. The van der Waals surface area contributed by atoms with E-state index in [9.17, 15) is 4.79 Å². The minimum Gasteiger partial charge on any atom is -0.480 e. The molecule has 0 radical (unpaired) electrons. The van der Waals surface area contributed by atoms with Crippen LogP contribution in [0.1, 0.15) is 0 Å². The summed E-state index contributed by atoms with van der Waals surface area (Å²) in [6.07, 6.45) is 0. The largest absolute Gasteiger partial charge is 0.480 e. The highest BCUT2D eigenvalue weighted by Crippen LogP contribution is 2.33. The SMILES string of the molecule is O=C(O)Cn1nnc(-c2cc(-c3ccc(Oc4cc(Br)ccc4Cl)cc3)no2)n1. The van der Waals surface area contributed by atoms with Crippen LogP contribution in [-0.2, 0) is 11.3 Å². The molecule has 0 amide bonds. The molecule has 11 heteroatoms. The van der Waals surface area contributed by atoms with Crippen LogP contribution in [0.2, 0.25) is 5.02 Å². The summed E-state index contributed by atoms with van der Waals surface area (Å²) in [5.74, 6) is 0.495. The van der Waals surface area contributed by atoms with Gasteiger partial charge >= 0.3 is 5.97 Å². The van der Waals surface area contributed by atoms with E-state index in [0.29, 0.717) is 22.2 Å². The van der Waals surface area contributed by atoms with E-state index in [-0.39, 0.29) is 11.6 Å². The van der Waals surface area contributed by atoms with Crippen molar-refractivity contribution in [3.8, 4) is 34.3 Å². The molecule has 29 heavy (non-hydrogen) atoms. The molecule has 0 aliphatic heterocycles. The van der Waals surface area contributed by atoms with Gasteiger partial charge in [0, 0.05) is 16.1 Å². The fraction of sp³-hybridized carbons (Fsp3) is 0.0556. The summed E-state index contributed by atoms with van der Waals surface area (Å²) < 4.78 is 11.9. The first-order valence-corrected chi connectivity index (χ1v) is 9.35. The van der Waals surface area contributed by atoms with Gasteiger partial charge < -0.3 is 14.4 Å². The number of ether oxygens (including phenoxy) is 1. The summed E-state index contributed by atoms with van der Waals surface area (Å²) >= 11 is 9.53. The highest BCUT2D eigenvalue weighted by Gasteiger charge is 2.15. The Hall–Kier alpha value is -3.24. The van der Waals surface area contributed by atoms with Crippen LogP contribution in [0.3, 0.4) is 0 Å². The van der Waals surface area contributed by atoms with Gasteiger partial charge in [0.25, 0.3) is 0 Å². The second-order valence-corrected chi connectivity index (χ2v) is 7.14. The molecule has 0 spiro atoms. The number of aromatic nitrogens is 5. The first-order valence-electron chi connectivity index (χ1n) is 8.18. The quantitative estimate of drug-likeness (QED) is 0.438. The monoisotopic (exact) mass is 475 g/mol. The highest BCUT2D eigenvalue weighted by atomic mass is 79.9. The van der Waals surface area contributed by atoms with Gasteiger partial charge in [-0.25, -0.2) is 0 Å². The summed E-state index contributed by atoms with van der Waals surface area (Å²) in [6.45, 7) is -0.391. The number of carboxylic acid groups (broad SMARTS) is 1. The molecule has 0 saturated heterocycles. The number of carboxylic acids is 1.